The van der Waals surface area contributed by atoms with Gasteiger partial charge in [-0.25, -0.2) is 4.39 Å². The molecular formula is C32H31ClFNO5. The van der Waals surface area contributed by atoms with Crippen molar-refractivity contribution in [3.63, 3.8) is 0 Å². The molecule has 208 valence electrons. The van der Waals surface area contributed by atoms with E-state index in [0.717, 1.165) is 31.2 Å². The van der Waals surface area contributed by atoms with Crippen molar-refractivity contribution in [1.82, 2.24) is 4.90 Å². The van der Waals surface area contributed by atoms with Gasteiger partial charge in [-0.05, 0) is 66.4 Å². The van der Waals surface area contributed by atoms with E-state index in [9.17, 15) is 14.0 Å². The molecule has 1 amide bonds. The molecule has 8 heteroatoms. The zero-order chi connectivity index (χ0) is 28.4. The molecule has 6 nitrogen and oxygen atoms in total. The van der Waals surface area contributed by atoms with Crippen LogP contribution >= 0.6 is 11.6 Å². The normalized spacial score (nSPS) is 14.6. The summed E-state index contributed by atoms with van der Waals surface area (Å²) in [6.45, 7) is 4.67. The topological polar surface area (TPSA) is 69.0 Å². The zero-order valence-electron chi connectivity index (χ0n) is 22.8. The lowest BCUT2D eigenvalue weighted by Gasteiger charge is -2.26. The predicted octanol–water partition coefficient (Wildman–Crippen LogP) is 7.61. The maximum Gasteiger partial charge on any atom is 0.291 e. The summed E-state index contributed by atoms with van der Waals surface area (Å²) >= 11 is 6.35. The summed E-state index contributed by atoms with van der Waals surface area (Å²) in [5.41, 5.74) is 2.31. The highest BCUT2D eigenvalue weighted by molar-refractivity contribution is 6.32. The molecule has 5 rings (SSSR count). The van der Waals surface area contributed by atoms with Gasteiger partial charge in [0.1, 0.15) is 11.4 Å². The molecule has 2 heterocycles. The number of hydrogen-bond donors (Lipinski definition) is 0. The number of carbonyl (C=O) groups excluding carboxylic acids is 1. The summed E-state index contributed by atoms with van der Waals surface area (Å²) in [6, 6.07) is 13.8. The molecule has 0 saturated heterocycles. The Balaban J connectivity index is 1.60. The second-order valence-electron chi connectivity index (χ2n) is 10.1. The summed E-state index contributed by atoms with van der Waals surface area (Å²) in [7, 11) is 1.55. The predicted molar refractivity (Wildman–Crippen MR) is 153 cm³/mol. The van der Waals surface area contributed by atoms with Crippen molar-refractivity contribution in [3.8, 4) is 11.5 Å². The molecule has 0 aliphatic carbocycles. The third-order valence-corrected chi connectivity index (χ3v) is 7.68. The number of fused-ring (bicyclic) bond motifs is 2. The number of unbranched alkanes of at least 4 members (excludes halogenated alkanes) is 3. The number of amides is 1. The molecule has 4 aromatic rings. The molecule has 0 radical (unpaired) electrons. The van der Waals surface area contributed by atoms with Crippen LogP contribution in [0.4, 0.5) is 4.39 Å². The fraction of sp³-hybridized carbons (Fsp3) is 0.312. The van der Waals surface area contributed by atoms with Gasteiger partial charge in [-0.3, -0.25) is 9.59 Å². The summed E-state index contributed by atoms with van der Waals surface area (Å²) in [6.07, 6.45) is 4.32. The van der Waals surface area contributed by atoms with E-state index in [1.807, 2.05) is 6.07 Å². The van der Waals surface area contributed by atoms with Gasteiger partial charge in [0.15, 0.2) is 16.9 Å². The van der Waals surface area contributed by atoms with Crippen molar-refractivity contribution in [2.75, 3.05) is 13.7 Å². The highest BCUT2D eigenvalue weighted by atomic mass is 35.5. The minimum atomic E-state index is -0.763. The van der Waals surface area contributed by atoms with E-state index >= 15 is 0 Å². The van der Waals surface area contributed by atoms with Crippen LogP contribution in [0, 0.1) is 12.7 Å². The average molecular weight is 564 g/mol. The lowest BCUT2D eigenvalue weighted by molar-refractivity contribution is 0.0714. The van der Waals surface area contributed by atoms with E-state index in [-0.39, 0.29) is 29.1 Å². The summed E-state index contributed by atoms with van der Waals surface area (Å²) in [5.74, 6) is 0.277. The Bertz CT molecular complexity index is 1610. The Hall–Kier alpha value is -3.84. The van der Waals surface area contributed by atoms with Crippen LogP contribution in [0.25, 0.3) is 11.0 Å². The van der Waals surface area contributed by atoms with Crippen molar-refractivity contribution in [2.24, 2.45) is 0 Å². The molecule has 3 aromatic carbocycles. The molecule has 0 fully saturated rings. The molecule has 1 unspecified atom stereocenters. The first-order valence-electron chi connectivity index (χ1n) is 13.4. The van der Waals surface area contributed by atoms with Crippen molar-refractivity contribution in [2.45, 2.75) is 52.1 Å². The first kappa shape index (κ1) is 27.7. The van der Waals surface area contributed by atoms with Crippen LogP contribution in [-0.2, 0) is 6.54 Å². The fourth-order valence-electron chi connectivity index (χ4n) is 5.12. The van der Waals surface area contributed by atoms with Crippen LogP contribution in [0.2, 0.25) is 5.02 Å². The van der Waals surface area contributed by atoms with E-state index in [0.29, 0.717) is 45.2 Å². The Labute approximate surface area is 237 Å². The molecule has 0 bridgehead atoms. The number of halogens is 2. The highest BCUT2D eigenvalue weighted by Gasteiger charge is 2.43. The Morgan fingerprint density at radius 1 is 1.00 bits per heavy atom. The lowest BCUT2D eigenvalue weighted by atomic mass is 9.97. The summed E-state index contributed by atoms with van der Waals surface area (Å²) in [5, 5.41) is 0.737. The van der Waals surface area contributed by atoms with E-state index in [2.05, 4.69) is 6.92 Å². The van der Waals surface area contributed by atoms with E-state index in [4.69, 9.17) is 25.5 Å². The van der Waals surface area contributed by atoms with Crippen LogP contribution in [0.1, 0.15) is 71.5 Å². The van der Waals surface area contributed by atoms with Crippen LogP contribution in [0.3, 0.4) is 0 Å². The molecule has 1 aliphatic heterocycles. The zero-order valence-corrected chi connectivity index (χ0v) is 23.5. The van der Waals surface area contributed by atoms with E-state index in [1.165, 1.54) is 12.1 Å². The van der Waals surface area contributed by atoms with Gasteiger partial charge in [0.2, 0.25) is 5.76 Å². The van der Waals surface area contributed by atoms with Crippen molar-refractivity contribution < 1.29 is 23.1 Å². The second-order valence-corrected chi connectivity index (χ2v) is 10.5. The van der Waals surface area contributed by atoms with Gasteiger partial charge in [0.25, 0.3) is 5.91 Å². The first-order valence-corrected chi connectivity index (χ1v) is 13.8. The van der Waals surface area contributed by atoms with Crippen LogP contribution in [0.15, 0.2) is 63.8 Å². The van der Waals surface area contributed by atoms with Crippen molar-refractivity contribution in [3.05, 3.63) is 104 Å². The number of aryl methyl sites for hydroxylation is 1. The third-order valence-electron chi connectivity index (χ3n) is 7.27. The smallest absolute Gasteiger partial charge is 0.291 e. The Morgan fingerprint density at radius 3 is 2.50 bits per heavy atom. The first-order chi connectivity index (χ1) is 19.3. The van der Waals surface area contributed by atoms with Crippen molar-refractivity contribution >= 4 is 28.5 Å². The number of hydrogen-bond acceptors (Lipinski definition) is 5. The van der Waals surface area contributed by atoms with Gasteiger partial charge in [-0.15, -0.1) is 0 Å². The van der Waals surface area contributed by atoms with Crippen LogP contribution < -0.4 is 14.9 Å². The Morgan fingerprint density at radius 2 is 1.77 bits per heavy atom. The molecule has 0 N–H and O–H groups in total. The quantitative estimate of drug-likeness (QED) is 0.186. The number of rotatable bonds is 10. The SMILES string of the molecule is CCCCCCOc1ccc(C2c3c(oc4cc(C)c(Cl)cc4c3=O)C(=O)N2Cc2ccc(F)cc2)cc1OC. The van der Waals surface area contributed by atoms with Gasteiger partial charge in [-0.2, -0.15) is 0 Å². The minimum absolute atomic E-state index is 0.0125. The van der Waals surface area contributed by atoms with E-state index in [1.54, 1.807) is 55.3 Å². The number of carbonyl (C=O) groups is 1. The molecule has 40 heavy (non-hydrogen) atoms. The van der Waals surface area contributed by atoms with Gasteiger partial charge in [0, 0.05) is 11.6 Å². The molecule has 0 saturated carbocycles. The number of nitrogens with zero attached hydrogens (tertiary/aromatic N) is 1. The standard InChI is InChI=1S/C32H31ClFNO5/c1-4-5-6-7-14-39-25-13-10-21(16-27(25)38-3)29-28-30(36)23-17-24(33)19(2)15-26(23)40-31(28)32(37)35(29)18-20-8-11-22(34)12-9-20/h8-13,15-17,29H,4-7,14,18H2,1-3H3. The van der Waals surface area contributed by atoms with Crippen LogP contribution in [-0.4, -0.2) is 24.5 Å². The molecule has 1 aromatic heterocycles. The molecular weight excluding hydrogens is 533 g/mol. The molecule has 1 aliphatic rings. The molecule has 1 atom stereocenters. The largest absolute Gasteiger partial charge is 0.493 e. The van der Waals surface area contributed by atoms with E-state index < -0.39 is 11.9 Å². The van der Waals surface area contributed by atoms with Gasteiger partial charge < -0.3 is 18.8 Å². The number of benzene rings is 3. The average Bonchev–Trinajstić information content (AvgIpc) is 3.22. The summed E-state index contributed by atoms with van der Waals surface area (Å²) < 4.78 is 31.3. The highest BCUT2D eigenvalue weighted by Crippen LogP contribution is 2.42. The van der Waals surface area contributed by atoms with Crippen molar-refractivity contribution in [1.29, 1.82) is 0 Å². The fourth-order valence-corrected chi connectivity index (χ4v) is 5.29. The maximum atomic E-state index is 13.9. The number of methoxy groups -OCH3 is 1. The second kappa shape index (κ2) is 11.7. The third kappa shape index (κ3) is 5.30. The summed E-state index contributed by atoms with van der Waals surface area (Å²) in [4.78, 5) is 29.3. The van der Waals surface area contributed by atoms with Gasteiger partial charge in [0.05, 0.1) is 30.7 Å². The lowest BCUT2D eigenvalue weighted by Crippen LogP contribution is -2.29. The monoisotopic (exact) mass is 563 g/mol. The van der Waals surface area contributed by atoms with Gasteiger partial charge >= 0.3 is 0 Å². The Kier molecular flexibility index (Phi) is 8.12. The maximum absolute atomic E-state index is 13.9. The van der Waals surface area contributed by atoms with Gasteiger partial charge in [-0.1, -0.05) is 56.0 Å². The van der Waals surface area contributed by atoms with Crippen LogP contribution in [0.5, 0.6) is 11.5 Å². The minimum Gasteiger partial charge on any atom is -0.493 e. The molecule has 0 spiro atoms. The number of ether oxygens (including phenoxy) is 2.